The van der Waals surface area contributed by atoms with Gasteiger partial charge in [0.2, 0.25) is 0 Å². The van der Waals surface area contributed by atoms with E-state index in [9.17, 15) is 9.59 Å². The van der Waals surface area contributed by atoms with E-state index < -0.39 is 0 Å². The molecule has 1 aromatic rings. The molecule has 1 N–H and O–H groups in total. The summed E-state index contributed by atoms with van der Waals surface area (Å²) in [4.78, 5) is 25.1. The molecule has 1 aliphatic heterocycles. The lowest BCUT2D eigenvalue weighted by Gasteiger charge is -2.31. The normalized spacial score (nSPS) is 15.0. The van der Waals surface area contributed by atoms with Gasteiger partial charge in [-0.2, -0.15) is 0 Å². The van der Waals surface area contributed by atoms with Crippen LogP contribution in [0.3, 0.4) is 0 Å². The van der Waals surface area contributed by atoms with Crippen LogP contribution in [0.15, 0.2) is 24.3 Å². The van der Waals surface area contributed by atoms with Crippen LogP contribution in [0, 0.1) is 0 Å². The topological polar surface area (TPSA) is 67.9 Å². The molecule has 2 amide bonds. The zero-order valence-corrected chi connectivity index (χ0v) is 14.4. The van der Waals surface area contributed by atoms with Crippen molar-refractivity contribution >= 4 is 12.0 Å². The number of hydrogen-bond acceptors (Lipinski definition) is 4. The van der Waals surface area contributed by atoms with Crippen LogP contribution >= 0.6 is 0 Å². The van der Waals surface area contributed by atoms with Gasteiger partial charge in [0, 0.05) is 19.1 Å². The molecule has 6 heteroatoms. The fraction of sp³-hybridized carbons (Fsp3) is 0.556. The van der Waals surface area contributed by atoms with E-state index in [2.05, 4.69) is 12.2 Å². The summed E-state index contributed by atoms with van der Waals surface area (Å²) in [7, 11) is 1.38. The molecule has 0 atom stereocenters. The Balaban J connectivity index is 1.69. The Hall–Kier alpha value is -2.24. The highest BCUT2D eigenvalue weighted by atomic mass is 16.5. The van der Waals surface area contributed by atoms with Crippen LogP contribution in [0.25, 0.3) is 0 Å². The van der Waals surface area contributed by atoms with Crippen LogP contribution in [0.2, 0.25) is 0 Å². The van der Waals surface area contributed by atoms with E-state index in [1.807, 2.05) is 24.3 Å². The van der Waals surface area contributed by atoms with Gasteiger partial charge in [-0.3, -0.25) is 4.79 Å². The van der Waals surface area contributed by atoms with Crippen molar-refractivity contribution in [2.45, 2.75) is 38.6 Å². The zero-order chi connectivity index (χ0) is 17.4. The quantitative estimate of drug-likeness (QED) is 0.867. The van der Waals surface area contributed by atoms with Gasteiger partial charge in [-0.25, -0.2) is 4.79 Å². The van der Waals surface area contributed by atoms with Gasteiger partial charge in [0.15, 0.2) is 6.61 Å². The first-order valence-electron chi connectivity index (χ1n) is 8.46. The number of methoxy groups -OCH3 is 1. The first kappa shape index (κ1) is 18.1. The molecule has 1 heterocycles. The number of likely N-dealkylation sites (tertiary alicyclic amines) is 1. The molecular formula is C18H26N2O4. The lowest BCUT2D eigenvalue weighted by atomic mass is 10.1. The number of ether oxygens (including phenoxy) is 2. The number of benzene rings is 1. The Morgan fingerprint density at radius 2 is 1.88 bits per heavy atom. The Labute approximate surface area is 143 Å². The van der Waals surface area contributed by atoms with Crippen LogP contribution in [0.5, 0.6) is 5.75 Å². The Kier molecular flexibility index (Phi) is 6.90. The molecule has 132 valence electrons. The molecule has 6 nitrogen and oxygen atoms in total. The molecule has 0 saturated carbocycles. The van der Waals surface area contributed by atoms with Gasteiger partial charge in [0.1, 0.15) is 5.75 Å². The lowest BCUT2D eigenvalue weighted by molar-refractivity contribution is -0.124. The third-order valence-electron chi connectivity index (χ3n) is 4.12. The van der Waals surface area contributed by atoms with Crippen molar-refractivity contribution in [1.29, 1.82) is 0 Å². The number of carbonyl (C=O) groups excluding carboxylic acids is 2. The second kappa shape index (κ2) is 9.15. The molecule has 0 unspecified atom stereocenters. The SMILES string of the molecule is CCCc1ccc(OCC(=O)NC2CCN(C(=O)OC)CC2)cc1. The highest BCUT2D eigenvalue weighted by molar-refractivity contribution is 5.78. The monoisotopic (exact) mass is 334 g/mol. The summed E-state index contributed by atoms with van der Waals surface area (Å²) in [5.41, 5.74) is 1.27. The summed E-state index contributed by atoms with van der Waals surface area (Å²) < 4.78 is 10.2. The molecule has 0 aliphatic carbocycles. The predicted octanol–water partition coefficient (Wildman–Crippen LogP) is 2.36. The number of piperidine rings is 1. The molecule has 1 aliphatic rings. The molecule has 24 heavy (non-hydrogen) atoms. The second-order valence-corrected chi connectivity index (χ2v) is 5.98. The van der Waals surface area contributed by atoms with E-state index in [4.69, 9.17) is 9.47 Å². The van der Waals surface area contributed by atoms with Crippen LogP contribution in [0.4, 0.5) is 4.79 Å². The summed E-state index contributed by atoms with van der Waals surface area (Å²) in [6.45, 7) is 3.34. The highest BCUT2D eigenvalue weighted by Crippen LogP contribution is 2.14. The maximum Gasteiger partial charge on any atom is 0.409 e. The molecule has 1 saturated heterocycles. The van der Waals surface area contributed by atoms with Gasteiger partial charge < -0.3 is 19.7 Å². The van der Waals surface area contributed by atoms with E-state index in [0.717, 1.165) is 25.7 Å². The summed E-state index contributed by atoms with van der Waals surface area (Å²) in [6, 6.07) is 7.92. The minimum absolute atomic E-state index is 0.00431. The number of rotatable bonds is 6. The first-order valence-corrected chi connectivity index (χ1v) is 8.46. The number of amides is 2. The molecule has 0 spiro atoms. The highest BCUT2D eigenvalue weighted by Gasteiger charge is 2.24. The van der Waals surface area contributed by atoms with Gasteiger partial charge in [-0.1, -0.05) is 25.5 Å². The van der Waals surface area contributed by atoms with Crippen LogP contribution in [-0.4, -0.2) is 49.7 Å². The molecule has 0 radical (unpaired) electrons. The van der Waals surface area contributed by atoms with E-state index in [1.165, 1.54) is 12.7 Å². The summed E-state index contributed by atoms with van der Waals surface area (Å²) in [6.07, 6.45) is 3.30. The molecule has 1 fully saturated rings. The predicted molar refractivity (Wildman–Crippen MR) is 91.1 cm³/mol. The van der Waals surface area contributed by atoms with Gasteiger partial charge in [-0.15, -0.1) is 0 Å². The number of nitrogens with one attached hydrogen (secondary N) is 1. The largest absolute Gasteiger partial charge is 0.484 e. The van der Waals surface area contributed by atoms with Crippen molar-refractivity contribution in [3.8, 4) is 5.75 Å². The van der Waals surface area contributed by atoms with Crippen molar-refractivity contribution in [3.05, 3.63) is 29.8 Å². The van der Waals surface area contributed by atoms with Gasteiger partial charge in [-0.05, 0) is 37.0 Å². The van der Waals surface area contributed by atoms with Crippen molar-refractivity contribution < 1.29 is 19.1 Å². The van der Waals surface area contributed by atoms with Gasteiger partial charge >= 0.3 is 6.09 Å². The van der Waals surface area contributed by atoms with E-state index in [0.29, 0.717) is 18.8 Å². The average molecular weight is 334 g/mol. The fourth-order valence-electron chi connectivity index (χ4n) is 2.79. The summed E-state index contributed by atoms with van der Waals surface area (Å²) in [5, 5.41) is 2.96. The van der Waals surface area contributed by atoms with E-state index in [-0.39, 0.29) is 24.6 Å². The molecule has 2 rings (SSSR count). The Morgan fingerprint density at radius 1 is 1.21 bits per heavy atom. The van der Waals surface area contributed by atoms with Crippen molar-refractivity contribution in [2.75, 3.05) is 26.8 Å². The van der Waals surface area contributed by atoms with E-state index in [1.54, 1.807) is 4.90 Å². The molecule has 1 aromatic carbocycles. The lowest BCUT2D eigenvalue weighted by Crippen LogP contribution is -2.47. The minimum Gasteiger partial charge on any atom is -0.484 e. The summed E-state index contributed by atoms with van der Waals surface area (Å²) in [5.74, 6) is 0.565. The van der Waals surface area contributed by atoms with Crippen molar-refractivity contribution in [2.24, 2.45) is 0 Å². The Morgan fingerprint density at radius 3 is 2.46 bits per heavy atom. The second-order valence-electron chi connectivity index (χ2n) is 5.98. The maximum atomic E-state index is 12.0. The van der Waals surface area contributed by atoms with Crippen LogP contribution < -0.4 is 10.1 Å². The minimum atomic E-state index is -0.311. The van der Waals surface area contributed by atoms with Gasteiger partial charge in [0.25, 0.3) is 5.91 Å². The third-order valence-corrected chi connectivity index (χ3v) is 4.12. The smallest absolute Gasteiger partial charge is 0.409 e. The fourth-order valence-corrected chi connectivity index (χ4v) is 2.79. The summed E-state index contributed by atoms with van der Waals surface area (Å²) >= 11 is 0. The van der Waals surface area contributed by atoms with Crippen molar-refractivity contribution in [1.82, 2.24) is 10.2 Å². The number of nitrogens with zero attached hydrogens (tertiary/aromatic N) is 1. The number of aryl methyl sites for hydroxylation is 1. The third kappa shape index (κ3) is 5.44. The first-order chi connectivity index (χ1) is 11.6. The van der Waals surface area contributed by atoms with Crippen molar-refractivity contribution in [3.63, 3.8) is 0 Å². The number of carbonyl (C=O) groups is 2. The van der Waals surface area contributed by atoms with Gasteiger partial charge in [0.05, 0.1) is 7.11 Å². The maximum absolute atomic E-state index is 12.0. The van der Waals surface area contributed by atoms with E-state index >= 15 is 0 Å². The zero-order valence-electron chi connectivity index (χ0n) is 14.4. The number of hydrogen-bond donors (Lipinski definition) is 1. The molecule has 0 bridgehead atoms. The molecular weight excluding hydrogens is 308 g/mol. The average Bonchev–Trinajstić information content (AvgIpc) is 2.61. The van der Waals surface area contributed by atoms with Crippen LogP contribution in [-0.2, 0) is 16.0 Å². The van der Waals surface area contributed by atoms with Crippen LogP contribution in [0.1, 0.15) is 31.7 Å². The molecule has 0 aromatic heterocycles. The Bertz CT molecular complexity index is 536. The standard InChI is InChI=1S/C18H26N2O4/c1-3-4-14-5-7-16(8-6-14)24-13-17(21)19-15-9-11-20(12-10-15)18(22)23-2/h5-8,15H,3-4,9-13H2,1-2H3,(H,19,21).